The van der Waals surface area contributed by atoms with Gasteiger partial charge in [0.05, 0.1) is 25.8 Å². The Morgan fingerprint density at radius 3 is 2.50 bits per heavy atom. The summed E-state index contributed by atoms with van der Waals surface area (Å²) < 4.78 is 46.1. The molecule has 0 amide bonds. The first-order valence-electron chi connectivity index (χ1n) is 5.50. The largest absolute Gasteiger partial charge is 0.495 e. The summed E-state index contributed by atoms with van der Waals surface area (Å²) in [5.41, 5.74) is 0.256. The number of methoxy groups -OCH3 is 2. The zero-order valence-corrected chi connectivity index (χ0v) is 11.5. The maximum absolute atomic E-state index is 12.2. The van der Waals surface area contributed by atoms with Gasteiger partial charge in [-0.1, -0.05) is 17.7 Å². The fourth-order valence-electron chi connectivity index (χ4n) is 1.54. The standard InChI is InChI=1S/C12H13ClF3NO3/c1-19-9-4-3-7(5-8(9)13)10(11(18)20-2)17-6-12(14,15)16/h3-5,10,17H,6H2,1-2H3. The van der Waals surface area contributed by atoms with Gasteiger partial charge in [-0.2, -0.15) is 13.2 Å². The second-order valence-electron chi connectivity index (χ2n) is 3.85. The second-order valence-corrected chi connectivity index (χ2v) is 4.25. The van der Waals surface area contributed by atoms with Crippen LogP contribution in [0, 0.1) is 0 Å². The fourth-order valence-corrected chi connectivity index (χ4v) is 1.80. The molecule has 1 aromatic carbocycles. The van der Waals surface area contributed by atoms with Crippen LogP contribution in [0.1, 0.15) is 11.6 Å². The highest BCUT2D eigenvalue weighted by Gasteiger charge is 2.31. The molecule has 1 aromatic rings. The van der Waals surface area contributed by atoms with Crippen molar-refractivity contribution in [3.05, 3.63) is 28.8 Å². The normalized spacial score (nSPS) is 12.9. The molecule has 0 saturated heterocycles. The van der Waals surface area contributed by atoms with Gasteiger partial charge in [-0.25, -0.2) is 4.79 Å². The molecule has 1 unspecified atom stereocenters. The SMILES string of the molecule is COC(=O)C(NCC(F)(F)F)c1ccc(OC)c(Cl)c1. The minimum absolute atomic E-state index is 0.188. The van der Waals surface area contributed by atoms with Crippen LogP contribution in [0.3, 0.4) is 0 Å². The maximum atomic E-state index is 12.2. The molecular formula is C12H13ClF3NO3. The van der Waals surface area contributed by atoms with Gasteiger partial charge < -0.3 is 9.47 Å². The van der Waals surface area contributed by atoms with Crippen molar-refractivity contribution >= 4 is 17.6 Å². The molecule has 0 heterocycles. The van der Waals surface area contributed by atoms with E-state index in [4.69, 9.17) is 16.3 Å². The van der Waals surface area contributed by atoms with Gasteiger partial charge in [0, 0.05) is 0 Å². The predicted octanol–water partition coefficient (Wildman–Crippen LogP) is 2.71. The molecule has 0 radical (unpaired) electrons. The van der Waals surface area contributed by atoms with E-state index in [0.29, 0.717) is 5.75 Å². The third kappa shape index (κ3) is 4.57. The molecule has 1 rings (SSSR count). The van der Waals surface area contributed by atoms with Crippen LogP contribution < -0.4 is 10.1 Å². The highest BCUT2D eigenvalue weighted by molar-refractivity contribution is 6.32. The van der Waals surface area contributed by atoms with Gasteiger partial charge in [0.15, 0.2) is 0 Å². The number of esters is 1. The lowest BCUT2D eigenvalue weighted by Gasteiger charge is -2.18. The van der Waals surface area contributed by atoms with Gasteiger partial charge >= 0.3 is 12.1 Å². The number of rotatable bonds is 5. The van der Waals surface area contributed by atoms with Gasteiger partial charge in [0.1, 0.15) is 11.8 Å². The number of alkyl halides is 3. The molecule has 20 heavy (non-hydrogen) atoms. The van der Waals surface area contributed by atoms with Gasteiger partial charge in [-0.3, -0.25) is 5.32 Å². The van der Waals surface area contributed by atoms with E-state index >= 15 is 0 Å². The van der Waals surface area contributed by atoms with Crippen molar-refractivity contribution in [3.8, 4) is 5.75 Å². The first-order valence-corrected chi connectivity index (χ1v) is 5.87. The van der Waals surface area contributed by atoms with Crippen molar-refractivity contribution in [3.63, 3.8) is 0 Å². The quantitative estimate of drug-likeness (QED) is 0.849. The summed E-state index contributed by atoms with van der Waals surface area (Å²) in [5.74, 6) is -0.481. The number of benzene rings is 1. The Morgan fingerprint density at radius 2 is 2.05 bits per heavy atom. The Labute approximate surface area is 118 Å². The van der Waals surface area contributed by atoms with Crippen LogP contribution in [0.2, 0.25) is 5.02 Å². The summed E-state index contributed by atoms with van der Waals surface area (Å²) in [6.07, 6.45) is -4.44. The molecule has 0 aliphatic rings. The van der Waals surface area contributed by atoms with Crippen molar-refractivity contribution in [2.24, 2.45) is 0 Å². The number of hydrogen-bond acceptors (Lipinski definition) is 4. The van der Waals surface area contributed by atoms with Crippen molar-refractivity contribution in [1.29, 1.82) is 0 Å². The van der Waals surface area contributed by atoms with Crippen LogP contribution in [0.15, 0.2) is 18.2 Å². The van der Waals surface area contributed by atoms with E-state index in [1.54, 1.807) is 0 Å². The molecule has 0 saturated carbocycles. The zero-order chi connectivity index (χ0) is 15.3. The van der Waals surface area contributed by atoms with Crippen LogP contribution in [0.5, 0.6) is 5.75 Å². The zero-order valence-electron chi connectivity index (χ0n) is 10.8. The predicted molar refractivity (Wildman–Crippen MR) is 66.8 cm³/mol. The van der Waals surface area contributed by atoms with E-state index in [2.05, 4.69) is 10.1 Å². The van der Waals surface area contributed by atoms with Gasteiger partial charge in [0.2, 0.25) is 0 Å². The van der Waals surface area contributed by atoms with Gasteiger partial charge in [0.25, 0.3) is 0 Å². The Hall–Kier alpha value is -1.47. The van der Waals surface area contributed by atoms with Crippen molar-refractivity contribution in [2.45, 2.75) is 12.2 Å². The Kier molecular flexibility index (Phi) is 5.64. The third-order valence-electron chi connectivity index (χ3n) is 2.45. The Morgan fingerprint density at radius 1 is 1.40 bits per heavy atom. The fraction of sp³-hybridized carbons (Fsp3) is 0.417. The van der Waals surface area contributed by atoms with Crippen molar-refractivity contribution in [1.82, 2.24) is 5.32 Å². The molecule has 0 bridgehead atoms. The smallest absolute Gasteiger partial charge is 0.401 e. The molecular weight excluding hydrogens is 299 g/mol. The molecule has 4 nitrogen and oxygen atoms in total. The van der Waals surface area contributed by atoms with Crippen LogP contribution in [0.25, 0.3) is 0 Å². The van der Waals surface area contributed by atoms with Gasteiger partial charge in [-0.15, -0.1) is 0 Å². The average molecular weight is 312 g/mol. The number of carbonyl (C=O) groups excluding carboxylic acids is 1. The Bertz CT molecular complexity index is 480. The number of nitrogens with one attached hydrogen (secondary N) is 1. The van der Waals surface area contributed by atoms with Crippen molar-refractivity contribution < 1.29 is 27.4 Å². The summed E-state index contributed by atoms with van der Waals surface area (Å²) in [6.45, 7) is -1.32. The highest BCUT2D eigenvalue weighted by atomic mass is 35.5. The average Bonchev–Trinajstić information content (AvgIpc) is 2.37. The third-order valence-corrected chi connectivity index (χ3v) is 2.75. The number of halogens is 4. The number of carbonyl (C=O) groups is 1. The maximum Gasteiger partial charge on any atom is 0.401 e. The lowest BCUT2D eigenvalue weighted by molar-refractivity contribution is -0.146. The van der Waals surface area contributed by atoms with Crippen LogP contribution in [-0.2, 0) is 9.53 Å². The molecule has 0 aliphatic heterocycles. The van der Waals surface area contributed by atoms with E-state index in [9.17, 15) is 18.0 Å². The summed E-state index contributed by atoms with van der Waals surface area (Å²) in [7, 11) is 2.50. The molecule has 112 valence electrons. The van der Waals surface area contributed by atoms with E-state index in [1.807, 2.05) is 0 Å². The van der Waals surface area contributed by atoms with E-state index in [1.165, 1.54) is 25.3 Å². The molecule has 8 heteroatoms. The van der Waals surface area contributed by atoms with Crippen LogP contribution in [0.4, 0.5) is 13.2 Å². The summed E-state index contributed by atoms with van der Waals surface area (Å²) >= 11 is 5.88. The molecule has 0 aliphatic carbocycles. The number of ether oxygens (including phenoxy) is 2. The monoisotopic (exact) mass is 311 g/mol. The van der Waals surface area contributed by atoms with Crippen LogP contribution >= 0.6 is 11.6 Å². The van der Waals surface area contributed by atoms with Crippen LogP contribution in [-0.4, -0.2) is 32.9 Å². The highest BCUT2D eigenvalue weighted by Crippen LogP contribution is 2.28. The first-order chi connectivity index (χ1) is 9.28. The minimum atomic E-state index is -4.44. The lowest BCUT2D eigenvalue weighted by atomic mass is 10.1. The summed E-state index contributed by atoms with van der Waals surface area (Å²) in [6, 6.07) is 2.99. The minimum Gasteiger partial charge on any atom is -0.495 e. The second kappa shape index (κ2) is 6.81. The molecule has 0 aromatic heterocycles. The topological polar surface area (TPSA) is 47.6 Å². The van der Waals surface area contributed by atoms with E-state index < -0.39 is 24.7 Å². The molecule has 1 atom stereocenters. The lowest BCUT2D eigenvalue weighted by Crippen LogP contribution is -2.36. The molecule has 0 spiro atoms. The van der Waals surface area contributed by atoms with Crippen molar-refractivity contribution in [2.75, 3.05) is 20.8 Å². The molecule has 0 fully saturated rings. The Balaban J connectivity index is 2.99. The summed E-state index contributed by atoms with van der Waals surface area (Å²) in [5, 5.41) is 2.28. The first kappa shape index (κ1) is 16.6. The summed E-state index contributed by atoms with van der Waals surface area (Å²) in [4.78, 5) is 11.6. The van der Waals surface area contributed by atoms with E-state index in [-0.39, 0.29) is 10.6 Å². The van der Waals surface area contributed by atoms with Gasteiger partial charge in [-0.05, 0) is 17.7 Å². The molecule has 1 N–H and O–H groups in total. The van der Waals surface area contributed by atoms with E-state index in [0.717, 1.165) is 7.11 Å². The number of hydrogen-bond donors (Lipinski definition) is 1.